The van der Waals surface area contributed by atoms with Crippen LogP contribution in [0.4, 0.5) is 5.82 Å². The smallest absolute Gasteiger partial charge is 0.161 e. The van der Waals surface area contributed by atoms with E-state index in [0.717, 1.165) is 41.7 Å². The zero-order chi connectivity index (χ0) is 18.4. The molecule has 0 saturated carbocycles. The number of methoxy groups -OCH3 is 1. The minimum absolute atomic E-state index is 0.531. The number of ether oxygens (including phenoxy) is 1. The highest BCUT2D eigenvalue weighted by molar-refractivity contribution is 5.58. The normalized spacial score (nSPS) is 11.4. The van der Waals surface area contributed by atoms with E-state index in [-0.39, 0.29) is 0 Å². The first-order chi connectivity index (χ1) is 11.9. The summed E-state index contributed by atoms with van der Waals surface area (Å²) in [6.45, 7) is 12.8. The molecule has 0 atom stereocenters. The molecule has 25 heavy (non-hydrogen) atoms. The van der Waals surface area contributed by atoms with E-state index in [1.54, 1.807) is 7.11 Å². The van der Waals surface area contributed by atoms with Crippen LogP contribution in [-0.4, -0.2) is 47.2 Å². The molecule has 1 N–H and O–H groups in total. The molecule has 136 valence electrons. The summed E-state index contributed by atoms with van der Waals surface area (Å²) >= 11 is 0. The van der Waals surface area contributed by atoms with Gasteiger partial charge in [-0.15, -0.1) is 0 Å². The van der Waals surface area contributed by atoms with Crippen molar-refractivity contribution in [3.05, 3.63) is 36.0 Å². The Bertz CT molecular complexity index is 660. The lowest BCUT2D eigenvalue weighted by atomic mass is 10.2. The molecule has 0 spiro atoms. The number of nitrogens with one attached hydrogen (secondary N) is 1. The Hall–Kier alpha value is -2.14. The third-order valence-corrected chi connectivity index (χ3v) is 4.21. The molecule has 5 heteroatoms. The van der Waals surface area contributed by atoms with E-state index in [9.17, 15) is 0 Å². The maximum absolute atomic E-state index is 5.21. The van der Waals surface area contributed by atoms with E-state index < -0.39 is 0 Å². The van der Waals surface area contributed by atoms with Gasteiger partial charge in [-0.2, -0.15) is 0 Å². The van der Waals surface area contributed by atoms with Crippen molar-refractivity contribution in [3.63, 3.8) is 0 Å². The molecule has 1 aromatic carbocycles. The molecule has 0 aliphatic heterocycles. The van der Waals surface area contributed by atoms with Crippen molar-refractivity contribution in [2.45, 2.75) is 46.7 Å². The van der Waals surface area contributed by atoms with Gasteiger partial charge in [0.1, 0.15) is 11.6 Å². The van der Waals surface area contributed by atoms with Gasteiger partial charge in [-0.25, -0.2) is 9.97 Å². The Balaban J connectivity index is 2.08. The van der Waals surface area contributed by atoms with Gasteiger partial charge in [0.05, 0.1) is 7.11 Å². The van der Waals surface area contributed by atoms with Crippen molar-refractivity contribution in [1.82, 2.24) is 14.9 Å². The van der Waals surface area contributed by atoms with Crippen LogP contribution in [0.2, 0.25) is 0 Å². The summed E-state index contributed by atoms with van der Waals surface area (Å²) in [5.41, 5.74) is 1.94. The second kappa shape index (κ2) is 8.81. The Morgan fingerprint density at radius 2 is 1.68 bits per heavy atom. The summed E-state index contributed by atoms with van der Waals surface area (Å²) in [6.07, 6.45) is 0. The summed E-state index contributed by atoms with van der Waals surface area (Å²) < 4.78 is 5.21. The van der Waals surface area contributed by atoms with Crippen molar-refractivity contribution in [3.8, 4) is 17.1 Å². The fraction of sp³-hybridized carbons (Fsp3) is 0.500. The number of aryl methyl sites for hydroxylation is 1. The number of nitrogens with zero attached hydrogens (tertiary/aromatic N) is 3. The molecule has 1 aromatic heterocycles. The summed E-state index contributed by atoms with van der Waals surface area (Å²) in [5, 5.41) is 3.44. The first-order valence-electron chi connectivity index (χ1n) is 8.90. The van der Waals surface area contributed by atoms with E-state index in [4.69, 9.17) is 4.74 Å². The molecule has 2 aromatic rings. The highest BCUT2D eigenvalue weighted by Crippen LogP contribution is 2.21. The van der Waals surface area contributed by atoms with Gasteiger partial charge in [0.25, 0.3) is 0 Å². The van der Waals surface area contributed by atoms with Crippen LogP contribution in [0.5, 0.6) is 5.75 Å². The summed E-state index contributed by atoms with van der Waals surface area (Å²) in [5.74, 6) is 2.43. The minimum Gasteiger partial charge on any atom is -0.497 e. The predicted octanol–water partition coefficient (Wildman–Crippen LogP) is 3.99. The standard InChI is InChI=1S/C20H30N4O/c1-14(2)24(15(3)4)12-11-21-19-13-16(5)22-20(23-19)17-7-9-18(25-6)10-8-17/h7-10,13-15H,11-12H2,1-6H3,(H,21,22,23). The van der Waals surface area contributed by atoms with E-state index in [0.29, 0.717) is 12.1 Å². The van der Waals surface area contributed by atoms with Crippen LogP contribution in [0.1, 0.15) is 33.4 Å². The summed E-state index contributed by atoms with van der Waals surface area (Å²) in [6, 6.07) is 10.9. The Labute approximate surface area is 151 Å². The lowest BCUT2D eigenvalue weighted by Gasteiger charge is -2.30. The minimum atomic E-state index is 0.531. The fourth-order valence-electron chi connectivity index (χ4n) is 2.95. The zero-order valence-corrected chi connectivity index (χ0v) is 16.2. The van der Waals surface area contributed by atoms with Crippen molar-refractivity contribution in [2.75, 3.05) is 25.5 Å². The Morgan fingerprint density at radius 1 is 1.04 bits per heavy atom. The van der Waals surface area contributed by atoms with Crippen LogP contribution in [-0.2, 0) is 0 Å². The molecule has 0 aliphatic carbocycles. The fourth-order valence-corrected chi connectivity index (χ4v) is 2.95. The molecule has 0 amide bonds. The summed E-state index contributed by atoms with van der Waals surface area (Å²) in [7, 11) is 1.66. The molecular weight excluding hydrogens is 312 g/mol. The molecule has 5 nitrogen and oxygen atoms in total. The lowest BCUT2D eigenvalue weighted by molar-refractivity contribution is 0.182. The number of hydrogen-bond donors (Lipinski definition) is 1. The lowest BCUT2D eigenvalue weighted by Crippen LogP contribution is -2.40. The second-order valence-corrected chi connectivity index (χ2v) is 6.80. The monoisotopic (exact) mass is 342 g/mol. The van der Waals surface area contributed by atoms with Gasteiger partial charge < -0.3 is 10.1 Å². The highest BCUT2D eigenvalue weighted by atomic mass is 16.5. The molecule has 0 aliphatic rings. The number of rotatable bonds is 8. The van der Waals surface area contributed by atoms with E-state index in [1.165, 1.54) is 0 Å². The maximum atomic E-state index is 5.21. The molecule has 0 saturated heterocycles. The molecule has 0 unspecified atom stereocenters. The average molecular weight is 342 g/mol. The van der Waals surface area contributed by atoms with E-state index >= 15 is 0 Å². The number of aromatic nitrogens is 2. The van der Waals surface area contributed by atoms with Gasteiger partial charge >= 0.3 is 0 Å². The van der Waals surface area contributed by atoms with Crippen molar-refractivity contribution >= 4 is 5.82 Å². The van der Waals surface area contributed by atoms with Crippen LogP contribution in [0.15, 0.2) is 30.3 Å². The van der Waals surface area contributed by atoms with Gasteiger partial charge in [0, 0.05) is 42.5 Å². The van der Waals surface area contributed by atoms with Crippen molar-refractivity contribution < 1.29 is 4.74 Å². The second-order valence-electron chi connectivity index (χ2n) is 6.80. The van der Waals surface area contributed by atoms with Gasteiger partial charge in [-0.05, 0) is 58.9 Å². The number of anilines is 1. The van der Waals surface area contributed by atoms with Crippen LogP contribution < -0.4 is 10.1 Å². The molecule has 0 bridgehead atoms. The van der Waals surface area contributed by atoms with Crippen molar-refractivity contribution in [1.29, 1.82) is 0 Å². The third kappa shape index (κ3) is 5.43. The molecule has 1 heterocycles. The average Bonchev–Trinajstić information content (AvgIpc) is 2.57. The molecule has 0 radical (unpaired) electrons. The molecule has 0 fully saturated rings. The molecule has 2 rings (SSSR count). The van der Waals surface area contributed by atoms with E-state index in [1.807, 2.05) is 37.3 Å². The first kappa shape index (κ1) is 19.2. The Kier molecular flexibility index (Phi) is 6.76. The Morgan fingerprint density at radius 3 is 2.24 bits per heavy atom. The van der Waals surface area contributed by atoms with Crippen LogP contribution in [0.3, 0.4) is 0 Å². The van der Waals surface area contributed by atoms with Gasteiger partial charge in [0.2, 0.25) is 0 Å². The van der Waals surface area contributed by atoms with Crippen LogP contribution >= 0.6 is 0 Å². The van der Waals surface area contributed by atoms with Crippen LogP contribution in [0, 0.1) is 6.92 Å². The topological polar surface area (TPSA) is 50.3 Å². The number of hydrogen-bond acceptors (Lipinski definition) is 5. The van der Waals surface area contributed by atoms with Gasteiger partial charge in [-0.1, -0.05) is 0 Å². The van der Waals surface area contributed by atoms with Crippen molar-refractivity contribution in [2.24, 2.45) is 0 Å². The van der Waals surface area contributed by atoms with Gasteiger partial charge in [-0.3, -0.25) is 4.90 Å². The number of benzene rings is 1. The van der Waals surface area contributed by atoms with Gasteiger partial charge in [0.15, 0.2) is 5.82 Å². The quantitative estimate of drug-likeness (QED) is 0.786. The first-order valence-corrected chi connectivity index (χ1v) is 8.90. The summed E-state index contributed by atoms with van der Waals surface area (Å²) in [4.78, 5) is 11.7. The largest absolute Gasteiger partial charge is 0.497 e. The van der Waals surface area contributed by atoms with E-state index in [2.05, 4.69) is 47.9 Å². The SMILES string of the molecule is COc1ccc(-c2nc(C)cc(NCCN(C(C)C)C(C)C)n2)cc1. The molecular formula is C20H30N4O. The predicted molar refractivity (Wildman–Crippen MR) is 104 cm³/mol. The zero-order valence-electron chi connectivity index (χ0n) is 16.2. The third-order valence-electron chi connectivity index (χ3n) is 4.21. The highest BCUT2D eigenvalue weighted by Gasteiger charge is 2.12. The van der Waals surface area contributed by atoms with Crippen LogP contribution in [0.25, 0.3) is 11.4 Å². The maximum Gasteiger partial charge on any atom is 0.161 e.